The molecular weight excluding hydrogens is 605 g/mol. The first-order valence-electron chi connectivity index (χ1n) is 13.6. The van der Waals surface area contributed by atoms with Crippen LogP contribution in [0.5, 0.6) is 0 Å². The van der Waals surface area contributed by atoms with Gasteiger partial charge in [-0.3, -0.25) is 13.9 Å². The molecule has 0 saturated heterocycles. The van der Waals surface area contributed by atoms with Gasteiger partial charge in [0.1, 0.15) is 12.6 Å². The van der Waals surface area contributed by atoms with E-state index in [9.17, 15) is 18.0 Å². The second-order valence-electron chi connectivity index (χ2n) is 10.2. The minimum atomic E-state index is -4.22. The summed E-state index contributed by atoms with van der Waals surface area (Å²) in [4.78, 5) is 29.1. The van der Waals surface area contributed by atoms with Crippen LogP contribution in [-0.2, 0) is 32.6 Å². The van der Waals surface area contributed by atoms with E-state index in [1.54, 1.807) is 55.5 Å². The van der Waals surface area contributed by atoms with E-state index in [0.717, 1.165) is 21.0 Å². The maximum Gasteiger partial charge on any atom is 0.264 e. The highest BCUT2D eigenvalue weighted by atomic mass is 35.5. The molecule has 4 aromatic carbocycles. The predicted octanol–water partition coefficient (Wildman–Crippen LogP) is 6.19. The van der Waals surface area contributed by atoms with Crippen LogP contribution >= 0.6 is 23.2 Å². The Balaban J connectivity index is 1.81. The number of nitrogens with zero attached hydrogens (tertiary/aromatic N) is 2. The van der Waals surface area contributed by atoms with Crippen molar-refractivity contribution in [3.63, 3.8) is 0 Å². The lowest BCUT2D eigenvalue weighted by molar-refractivity contribution is -0.139. The molecule has 1 N–H and O–H groups in total. The standard InChI is InChI=1S/C33H33Cl2N3O4S/c1-23-13-17-28(18-14-23)43(41,42)38(27-16-15-24(2)30(35)20-27)22-32(39)37(21-26-11-7-8-12-29(26)34)31(33(40)36-3)19-25-9-5-4-6-10-25/h4-18,20,31H,19,21-22H2,1-3H3,(H,36,40). The largest absolute Gasteiger partial charge is 0.357 e. The Morgan fingerprint density at radius 3 is 2.12 bits per heavy atom. The van der Waals surface area contributed by atoms with Crippen molar-refractivity contribution < 1.29 is 18.0 Å². The number of hydrogen-bond donors (Lipinski definition) is 1. The molecule has 224 valence electrons. The van der Waals surface area contributed by atoms with Crippen LogP contribution in [0.1, 0.15) is 22.3 Å². The van der Waals surface area contributed by atoms with Gasteiger partial charge in [-0.25, -0.2) is 8.42 Å². The molecule has 0 aromatic heterocycles. The number of aryl methyl sites for hydroxylation is 2. The molecule has 4 rings (SSSR count). The normalized spacial score (nSPS) is 11.9. The van der Waals surface area contributed by atoms with E-state index in [-0.39, 0.29) is 23.5 Å². The summed E-state index contributed by atoms with van der Waals surface area (Å²) in [6, 6.07) is 26.6. The van der Waals surface area contributed by atoms with Crippen molar-refractivity contribution in [2.45, 2.75) is 37.8 Å². The number of halogens is 2. The quantitative estimate of drug-likeness (QED) is 0.212. The van der Waals surface area contributed by atoms with Crippen LogP contribution < -0.4 is 9.62 Å². The molecule has 43 heavy (non-hydrogen) atoms. The zero-order chi connectivity index (χ0) is 31.1. The number of sulfonamides is 1. The van der Waals surface area contributed by atoms with E-state index in [2.05, 4.69) is 5.32 Å². The minimum absolute atomic E-state index is 0.0174. The zero-order valence-corrected chi connectivity index (χ0v) is 26.5. The monoisotopic (exact) mass is 637 g/mol. The Morgan fingerprint density at radius 2 is 1.49 bits per heavy atom. The maximum absolute atomic E-state index is 14.3. The molecule has 10 heteroatoms. The lowest BCUT2D eigenvalue weighted by Crippen LogP contribution is -2.53. The van der Waals surface area contributed by atoms with Crippen LogP contribution in [0.4, 0.5) is 5.69 Å². The first-order chi connectivity index (χ1) is 20.5. The predicted molar refractivity (Wildman–Crippen MR) is 172 cm³/mol. The Morgan fingerprint density at radius 1 is 0.837 bits per heavy atom. The second kappa shape index (κ2) is 14.1. The first-order valence-corrected chi connectivity index (χ1v) is 15.8. The van der Waals surface area contributed by atoms with Gasteiger partial charge in [-0.2, -0.15) is 0 Å². The van der Waals surface area contributed by atoms with Gasteiger partial charge in [0, 0.05) is 30.1 Å². The van der Waals surface area contributed by atoms with E-state index in [1.807, 2.05) is 37.3 Å². The number of carbonyl (C=O) groups is 2. The van der Waals surface area contributed by atoms with Crippen LogP contribution in [0.25, 0.3) is 0 Å². The van der Waals surface area contributed by atoms with Gasteiger partial charge in [0.25, 0.3) is 10.0 Å². The number of hydrogen-bond acceptors (Lipinski definition) is 4. The fourth-order valence-electron chi connectivity index (χ4n) is 4.63. The summed E-state index contributed by atoms with van der Waals surface area (Å²) >= 11 is 12.9. The van der Waals surface area contributed by atoms with Crippen LogP contribution in [0.2, 0.25) is 10.0 Å². The first kappa shape index (κ1) is 32.1. The molecule has 0 heterocycles. The number of carbonyl (C=O) groups excluding carboxylic acids is 2. The van der Waals surface area contributed by atoms with E-state index in [1.165, 1.54) is 30.1 Å². The molecule has 0 bridgehead atoms. The molecule has 0 spiro atoms. The number of benzene rings is 4. The highest BCUT2D eigenvalue weighted by Gasteiger charge is 2.34. The van der Waals surface area contributed by atoms with Crippen molar-refractivity contribution in [2.24, 2.45) is 0 Å². The molecule has 2 amide bonds. The summed E-state index contributed by atoms with van der Waals surface area (Å²) in [5.74, 6) is -0.979. The SMILES string of the molecule is CNC(=O)C(Cc1ccccc1)N(Cc1ccccc1Cl)C(=O)CN(c1ccc(C)c(Cl)c1)S(=O)(=O)c1ccc(C)cc1. The molecule has 0 aliphatic rings. The molecule has 0 aliphatic carbocycles. The number of anilines is 1. The van der Waals surface area contributed by atoms with Crippen molar-refractivity contribution in [1.82, 2.24) is 10.2 Å². The van der Waals surface area contributed by atoms with Crippen LogP contribution in [0.15, 0.2) is 102 Å². The van der Waals surface area contributed by atoms with Crippen molar-refractivity contribution in [3.8, 4) is 0 Å². The summed E-state index contributed by atoms with van der Waals surface area (Å²) in [7, 11) is -2.72. The van der Waals surface area contributed by atoms with Crippen LogP contribution in [-0.4, -0.2) is 44.8 Å². The van der Waals surface area contributed by atoms with Gasteiger partial charge in [-0.15, -0.1) is 0 Å². The van der Waals surface area contributed by atoms with Crippen molar-refractivity contribution in [1.29, 1.82) is 0 Å². The second-order valence-corrected chi connectivity index (χ2v) is 12.9. The summed E-state index contributed by atoms with van der Waals surface area (Å²) < 4.78 is 29.2. The summed E-state index contributed by atoms with van der Waals surface area (Å²) in [6.45, 7) is 3.06. The average Bonchev–Trinajstić information content (AvgIpc) is 3.00. The molecule has 7 nitrogen and oxygen atoms in total. The molecule has 0 aliphatic heterocycles. The fraction of sp³-hybridized carbons (Fsp3) is 0.212. The Bertz CT molecular complexity index is 1700. The molecule has 1 unspecified atom stereocenters. The van der Waals surface area contributed by atoms with Gasteiger partial charge < -0.3 is 10.2 Å². The van der Waals surface area contributed by atoms with Crippen molar-refractivity contribution >= 4 is 50.7 Å². The van der Waals surface area contributed by atoms with E-state index in [0.29, 0.717) is 15.6 Å². The highest BCUT2D eigenvalue weighted by molar-refractivity contribution is 7.92. The lowest BCUT2D eigenvalue weighted by Gasteiger charge is -2.33. The van der Waals surface area contributed by atoms with Crippen molar-refractivity contribution in [2.75, 3.05) is 17.9 Å². The van der Waals surface area contributed by atoms with Gasteiger partial charge in [-0.05, 0) is 60.9 Å². The van der Waals surface area contributed by atoms with Gasteiger partial charge in [0.05, 0.1) is 10.6 Å². The fourth-order valence-corrected chi connectivity index (χ4v) is 6.41. The zero-order valence-electron chi connectivity index (χ0n) is 24.1. The third-order valence-corrected chi connectivity index (χ3v) is 9.71. The van der Waals surface area contributed by atoms with Gasteiger partial charge >= 0.3 is 0 Å². The van der Waals surface area contributed by atoms with Crippen molar-refractivity contribution in [3.05, 3.63) is 129 Å². The third-order valence-electron chi connectivity index (χ3n) is 7.15. The third kappa shape index (κ3) is 7.76. The topological polar surface area (TPSA) is 86.8 Å². The molecule has 4 aromatic rings. The average molecular weight is 639 g/mol. The highest BCUT2D eigenvalue weighted by Crippen LogP contribution is 2.29. The van der Waals surface area contributed by atoms with E-state index in [4.69, 9.17) is 23.2 Å². The molecule has 0 fully saturated rings. The lowest BCUT2D eigenvalue weighted by atomic mass is 10.0. The minimum Gasteiger partial charge on any atom is -0.357 e. The molecule has 0 saturated carbocycles. The van der Waals surface area contributed by atoms with Crippen LogP contribution in [0.3, 0.4) is 0 Å². The number of likely N-dealkylation sites (N-methyl/N-ethyl adjacent to an activating group) is 1. The molecule has 1 atom stereocenters. The Hall–Kier alpha value is -3.85. The number of amides is 2. The summed E-state index contributed by atoms with van der Waals surface area (Å²) in [5.41, 5.74) is 3.32. The maximum atomic E-state index is 14.3. The van der Waals surface area contributed by atoms with E-state index >= 15 is 0 Å². The summed E-state index contributed by atoms with van der Waals surface area (Å²) in [5, 5.41) is 3.44. The van der Waals surface area contributed by atoms with E-state index < -0.39 is 34.4 Å². The smallest absolute Gasteiger partial charge is 0.264 e. The Labute approximate surface area is 263 Å². The van der Waals surface area contributed by atoms with Gasteiger partial charge in [0.2, 0.25) is 11.8 Å². The van der Waals surface area contributed by atoms with Crippen LogP contribution in [0, 0.1) is 13.8 Å². The Kier molecular flexibility index (Phi) is 10.5. The summed E-state index contributed by atoms with van der Waals surface area (Å²) in [6.07, 6.45) is 0.206. The van der Waals surface area contributed by atoms with Gasteiger partial charge in [0.15, 0.2) is 0 Å². The van der Waals surface area contributed by atoms with Gasteiger partial charge in [-0.1, -0.05) is 95.5 Å². The number of rotatable bonds is 11. The molecule has 0 radical (unpaired) electrons. The molecular formula is C33H33Cl2N3O4S. The number of nitrogens with one attached hydrogen (secondary N) is 1.